The number of rotatable bonds is 5. The second kappa shape index (κ2) is 8.83. The van der Waals surface area contributed by atoms with Crippen molar-refractivity contribution in [3.05, 3.63) is 72.3 Å². The maximum atomic E-state index is 11.0. The molecule has 0 saturated carbocycles. The van der Waals surface area contributed by atoms with Gasteiger partial charge < -0.3 is 15.5 Å². The summed E-state index contributed by atoms with van der Waals surface area (Å²) in [6, 6.07) is 13.9. The number of nitrogens with one attached hydrogen (secondary N) is 1. The number of hydrogen-bond donors (Lipinski definition) is 5. The zero-order chi connectivity index (χ0) is 19.0. The standard InChI is InChI=1S/C16H15NO3.H2O4S/c1-2-14(11-6-4-3-5-7-11)17-12-8-9-15(18)13(10-12)16(19)20;1-5(2,3)4/h2-10,14,17-18H,1H2,(H,19,20);(H2,1,2,3,4). The van der Waals surface area contributed by atoms with E-state index in [2.05, 4.69) is 11.9 Å². The Morgan fingerprint density at radius 1 is 1.12 bits per heavy atom. The van der Waals surface area contributed by atoms with Crippen LogP contribution in [0.1, 0.15) is 22.0 Å². The van der Waals surface area contributed by atoms with Crippen LogP contribution in [-0.4, -0.2) is 33.7 Å². The van der Waals surface area contributed by atoms with Gasteiger partial charge in [0.15, 0.2) is 0 Å². The first kappa shape index (κ1) is 20.2. The van der Waals surface area contributed by atoms with Crippen LogP contribution in [0.5, 0.6) is 5.75 Å². The Morgan fingerprint density at radius 2 is 1.68 bits per heavy atom. The number of carbonyl (C=O) groups is 1. The van der Waals surface area contributed by atoms with Crippen LogP contribution >= 0.6 is 0 Å². The lowest BCUT2D eigenvalue weighted by atomic mass is 10.1. The predicted molar refractivity (Wildman–Crippen MR) is 92.2 cm³/mol. The van der Waals surface area contributed by atoms with E-state index in [0.717, 1.165) is 5.56 Å². The summed E-state index contributed by atoms with van der Waals surface area (Å²) in [6.45, 7) is 3.78. The highest BCUT2D eigenvalue weighted by Gasteiger charge is 2.12. The molecule has 0 amide bonds. The van der Waals surface area contributed by atoms with Crippen molar-refractivity contribution in [1.29, 1.82) is 0 Å². The lowest BCUT2D eigenvalue weighted by molar-refractivity contribution is 0.0693. The summed E-state index contributed by atoms with van der Waals surface area (Å²) in [6.07, 6.45) is 1.74. The third-order valence-electron chi connectivity index (χ3n) is 2.94. The first-order valence-corrected chi connectivity index (χ1v) is 8.21. The summed E-state index contributed by atoms with van der Waals surface area (Å²) in [4.78, 5) is 11.0. The molecule has 2 rings (SSSR count). The number of phenols is 1. The van der Waals surface area contributed by atoms with E-state index >= 15 is 0 Å². The van der Waals surface area contributed by atoms with Crippen molar-refractivity contribution in [3.8, 4) is 5.75 Å². The number of aromatic hydroxyl groups is 1. The van der Waals surface area contributed by atoms with Crippen LogP contribution in [0.15, 0.2) is 61.2 Å². The van der Waals surface area contributed by atoms with Gasteiger partial charge in [0.2, 0.25) is 0 Å². The summed E-state index contributed by atoms with van der Waals surface area (Å²) in [7, 11) is -4.67. The van der Waals surface area contributed by atoms with E-state index in [1.54, 1.807) is 12.1 Å². The van der Waals surface area contributed by atoms with Gasteiger partial charge in [-0.05, 0) is 23.8 Å². The van der Waals surface area contributed by atoms with Crippen molar-refractivity contribution >= 4 is 22.1 Å². The first-order valence-electron chi connectivity index (χ1n) is 6.82. The third-order valence-corrected chi connectivity index (χ3v) is 2.94. The highest BCUT2D eigenvalue weighted by atomic mass is 32.3. The molecule has 2 aromatic carbocycles. The molecule has 0 fully saturated rings. The minimum atomic E-state index is -4.67. The number of carboxylic acids is 1. The quantitative estimate of drug-likeness (QED) is 0.308. The van der Waals surface area contributed by atoms with Gasteiger partial charge in [-0.2, -0.15) is 8.42 Å². The molecule has 1 unspecified atom stereocenters. The maximum absolute atomic E-state index is 11.0. The van der Waals surface area contributed by atoms with Gasteiger partial charge in [0.25, 0.3) is 0 Å². The largest absolute Gasteiger partial charge is 0.507 e. The van der Waals surface area contributed by atoms with E-state index in [0.29, 0.717) is 5.69 Å². The molecular formula is C16H17NO7S. The fourth-order valence-electron chi connectivity index (χ4n) is 1.92. The Morgan fingerprint density at radius 3 is 2.16 bits per heavy atom. The van der Waals surface area contributed by atoms with Gasteiger partial charge in [-0.25, -0.2) is 4.79 Å². The Kier molecular flexibility index (Phi) is 7.12. The molecule has 0 bridgehead atoms. The Labute approximate surface area is 144 Å². The van der Waals surface area contributed by atoms with Crippen molar-refractivity contribution in [2.45, 2.75) is 6.04 Å². The Hall–Kier alpha value is -2.88. The SMILES string of the molecule is C=CC(Nc1ccc(O)c(C(=O)O)c1)c1ccccc1.O=S(=O)(O)O. The minimum absolute atomic E-state index is 0.133. The summed E-state index contributed by atoms with van der Waals surface area (Å²) in [5.41, 5.74) is 1.49. The topological polar surface area (TPSA) is 144 Å². The minimum Gasteiger partial charge on any atom is -0.507 e. The number of benzene rings is 2. The molecule has 0 heterocycles. The first-order chi connectivity index (χ1) is 11.6. The van der Waals surface area contributed by atoms with Crippen LogP contribution in [0.4, 0.5) is 5.69 Å². The molecule has 2 aromatic rings. The van der Waals surface area contributed by atoms with E-state index in [-0.39, 0.29) is 17.4 Å². The van der Waals surface area contributed by atoms with Crippen LogP contribution < -0.4 is 5.32 Å². The molecule has 5 N–H and O–H groups in total. The Balaban J connectivity index is 0.000000550. The number of aromatic carboxylic acids is 1. The molecule has 0 spiro atoms. The monoisotopic (exact) mass is 367 g/mol. The predicted octanol–water partition coefficient (Wildman–Crippen LogP) is 2.78. The van der Waals surface area contributed by atoms with Gasteiger partial charge >= 0.3 is 16.4 Å². The molecule has 25 heavy (non-hydrogen) atoms. The van der Waals surface area contributed by atoms with Gasteiger partial charge in [-0.15, -0.1) is 6.58 Å². The van der Waals surface area contributed by atoms with Gasteiger partial charge in [-0.3, -0.25) is 9.11 Å². The average Bonchev–Trinajstić information content (AvgIpc) is 2.53. The molecule has 9 heteroatoms. The van der Waals surface area contributed by atoms with Crippen LogP contribution in [0.2, 0.25) is 0 Å². The summed E-state index contributed by atoms with van der Waals surface area (Å²) < 4.78 is 31.6. The van der Waals surface area contributed by atoms with E-state index in [4.69, 9.17) is 22.6 Å². The normalized spacial score (nSPS) is 11.6. The molecule has 0 aliphatic carbocycles. The second-order valence-electron chi connectivity index (χ2n) is 4.75. The van der Waals surface area contributed by atoms with Crippen molar-refractivity contribution in [3.63, 3.8) is 0 Å². The van der Waals surface area contributed by atoms with Gasteiger partial charge in [-0.1, -0.05) is 36.4 Å². The van der Waals surface area contributed by atoms with Crippen LogP contribution in [0.3, 0.4) is 0 Å². The van der Waals surface area contributed by atoms with Gasteiger partial charge in [0, 0.05) is 5.69 Å². The molecular weight excluding hydrogens is 350 g/mol. The lowest BCUT2D eigenvalue weighted by Gasteiger charge is -2.17. The highest BCUT2D eigenvalue weighted by molar-refractivity contribution is 7.79. The molecule has 134 valence electrons. The molecule has 0 aliphatic rings. The van der Waals surface area contributed by atoms with E-state index in [1.807, 2.05) is 30.3 Å². The fraction of sp³-hybridized carbons (Fsp3) is 0.0625. The molecule has 0 aromatic heterocycles. The fourth-order valence-corrected chi connectivity index (χ4v) is 1.92. The van der Waals surface area contributed by atoms with Crippen LogP contribution in [-0.2, 0) is 10.4 Å². The van der Waals surface area contributed by atoms with Crippen LogP contribution in [0, 0.1) is 0 Å². The summed E-state index contributed by atoms with van der Waals surface area (Å²) >= 11 is 0. The van der Waals surface area contributed by atoms with Crippen molar-refractivity contribution < 1.29 is 32.5 Å². The zero-order valence-corrected chi connectivity index (χ0v) is 13.7. The molecule has 0 saturated heterocycles. The van der Waals surface area contributed by atoms with Crippen molar-refractivity contribution in [1.82, 2.24) is 0 Å². The van der Waals surface area contributed by atoms with Gasteiger partial charge in [0.1, 0.15) is 11.3 Å². The maximum Gasteiger partial charge on any atom is 0.394 e. The summed E-state index contributed by atoms with van der Waals surface area (Å²) in [5.74, 6) is -1.42. The van der Waals surface area contributed by atoms with Crippen molar-refractivity contribution in [2.75, 3.05) is 5.32 Å². The molecule has 0 aliphatic heterocycles. The number of anilines is 1. The van der Waals surface area contributed by atoms with Crippen molar-refractivity contribution in [2.24, 2.45) is 0 Å². The summed E-state index contributed by atoms with van der Waals surface area (Å²) in [5, 5.41) is 21.7. The smallest absolute Gasteiger partial charge is 0.394 e. The number of hydrogen-bond acceptors (Lipinski definition) is 5. The number of carboxylic acid groups (broad SMARTS) is 1. The molecule has 1 atom stereocenters. The van der Waals surface area contributed by atoms with Crippen LogP contribution in [0.25, 0.3) is 0 Å². The lowest BCUT2D eigenvalue weighted by Crippen LogP contribution is -2.08. The third kappa shape index (κ3) is 7.48. The van der Waals surface area contributed by atoms with E-state index < -0.39 is 16.4 Å². The molecule has 0 radical (unpaired) electrons. The van der Waals surface area contributed by atoms with Gasteiger partial charge in [0.05, 0.1) is 6.04 Å². The Bertz CT molecular complexity index is 827. The van der Waals surface area contributed by atoms with E-state index in [9.17, 15) is 9.90 Å². The zero-order valence-electron chi connectivity index (χ0n) is 12.9. The highest BCUT2D eigenvalue weighted by Crippen LogP contribution is 2.25. The second-order valence-corrected chi connectivity index (χ2v) is 5.65. The average molecular weight is 367 g/mol. The van der Waals surface area contributed by atoms with E-state index in [1.165, 1.54) is 12.1 Å². The molecule has 8 nitrogen and oxygen atoms in total.